The molecule has 8 nitrogen and oxygen atoms in total. The van der Waals surface area contributed by atoms with Gasteiger partial charge in [0.05, 0.1) is 17.9 Å². The van der Waals surface area contributed by atoms with E-state index in [-0.39, 0.29) is 6.04 Å². The zero-order chi connectivity index (χ0) is 22.8. The van der Waals surface area contributed by atoms with Gasteiger partial charge in [-0.25, -0.2) is 9.40 Å². The molecular formula is C24H28N5O3S-. The Morgan fingerprint density at radius 3 is 2.76 bits per heavy atom. The predicted octanol–water partition coefficient (Wildman–Crippen LogP) is 2.37. The Kier molecular flexibility index (Phi) is 6.66. The fourth-order valence-electron chi connectivity index (χ4n) is 5.09. The van der Waals surface area contributed by atoms with E-state index in [4.69, 9.17) is 0 Å². The molecule has 2 aliphatic rings. The van der Waals surface area contributed by atoms with Crippen molar-refractivity contribution in [3.05, 3.63) is 82.7 Å². The SMILES string of the molecule is O=S([O-])NCc1cccc(C2CCN(Cc3cn([C@@H]4Cc5ccccc5[C@@H]4O)nn3)CC2)c1. The molecule has 5 rings (SSSR count). The molecule has 1 aliphatic heterocycles. The highest BCUT2D eigenvalue weighted by Crippen LogP contribution is 2.38. The number of hydrogen-bond acceptors (Lipinski definition) is 6. The second kappa shape index (κ2) is 9.82. The molecule has 0 saturated carbocycles. The van der Waals surface area contributed by atoms with Gasteiger partial charge in [-0.1, -0.05) is 53.7 Å². The van der Waals surface area contributed by atoms with Crippen LogP contribution in [0.3, 0.4) is 0 Å². The molecule has 1 aromatic heterocycles. The van der Waals surface area contributed by atoms with Crippen molar-refractivity contribution in [2.75, 3.05) is 13.1 Å². The van der Waals surface area contributed by atoms with Crippen LogP contribution < -0.4 is 4.72 Å². The van der Waals surface area contributed by atoms with E-state index in [1.807, 2.05) is 41.2 Å². The third kappa shape index (κ3) is 5.07. The van der Waals surface area contributed by atoms with Gasteiger partial charge in [0.25, 0.3) is 0 Å². The number of nitrogens with one attached hydrogen (secondary N) is 1. The number of benzene rings is 2. The largest absolute Gasteiger partial charge is 0.760 e. The van der Waals surface area contributed by atoms with Gasteiger partial charge < -0.3 is 9.66 Å². The average molecular weight is 467 g/mol. The topological polar surface area (TPSA) is 106 Å². The van der Waals surface area contributed by atoms with Crippen molar-refractivity contribution in [1.29, 1.82) is 0 Å². The van der Waals surface area contributed by atoms with Crippen LogP contribution in [-0.4, -0.2) is 46.9 Å². The Balaban J connectivity index is 1.16. The van der Waals surface area contributed by atoms with Gasteiger partial charge in [-0.3, -0.25) is 9.11 Å². The lowest BCUT2D eigenvalue weighted by Gasteiger charge is -2.31. The van der Waals surface area contributed by atoms with E-state index in [1.54, 1.807) is 0 Å². The first-order valence-electron chi connectivity index (χ1n) is 11.4. The number of nitrogens with zero attached hydrogens (tertiary/aromatic N) is 4. The monoisotopic (exact) mass is 466 g/mol. The van der Waals surface area contributed by atoms with Gasteiger partial charge >= 0.3 is 0 Å². The third-order valence-corrected chi connectivity index (χ3v) is 7.23. The summed E-state index contributed by atoms with van der Waals surface area (Å²) in [6.07, 6.45) is 4.29. The Labute approximate surface area is 196 Å². The summed E-state index contributed by atoms with van der Waals surface area (Å²) >= 11 is -2.25. The molecule has 33 heavy (non-hydrogen) atoms. The van der Waals surface area contributed by atoms with Crippen molar-refractivity contribution < 1.29 is 13.9 Å². The summed E-state index contributed by atoms with van der Waals surface area (Å²) in [5, 5.41) is 19.4. The van der Waals surface area contributed by atoms with E-state index in [1.165, 1.54) is 11.1 Å². The van der Waals surface area contributed by atoms with Crippen LogP contribution >= 0.6 is 0 Å². The van der Waals surface area contributed by atoms with Crippen LogP contribution in [0.1, 0.15) is 58.9 Å². The van der Waals surface area contributed by atoms with Gasteiger partial charge in [0.15, 0.2) is 0 Å². The van der Waals surface area contributed by atoms with Crippen LogP contribution in [-0.2, 0) is 30.8 Å². The quantitative estimate of drug-likeness (QED) is 0.518. The van der Waals surface area contributed by atoms with Crippen LogP contribution in [0.5, 0.6) is 0 Å². The molecule has 1 aliphatic carbocycles. The summed E-state index contributed by atoms with van der Waals surface area (Å²) in [7, 11) is 0. The van der Waals surface area contributed by atoms with Crippen LogP contribution in [0.4, 0.5) is 0 Å². The van der Waals surface area contributed by atoms with Gasteiger partial charge in [0.2, 0.25) is 0 Å². The van der Waals surface area contributed by atoms with Crippen LogP contribution in [0.15, 0.2) is 54.7 Å². The van der Waals surface area contributed by atoms with Gasteiger partial charge in [-0.15, -0.1) is 5.10 Å². The third-order valence-electron chi connectivity index (χ3n) is 6.85. The molecular weight excluding hydrogens is 438 g/mol. The number of likely N-dealkylation sites (tertiary alicyclic amines) is 1. The minimum Gasteiger partial charge on any atom is -0.760 e. The van der Waals surface area contributed by atoms with E-state index in [9.17, 15) is 13.9 Å². The first-order chi connectivity index (χ1) is 16.1. The fraction of sp³-hybridized carbons (Fsp3) is 0.417. The highest BCUT2D eigenvalue weighted by molar-refractivity contribution is 7.77. The zero-order valence-corrected chi connectivity index (χ0v) is 19.2. The molecule has 2 N–H and O–H groups in total. The molecule has 3 atom stereocenters. The number of aliphatic hydroxyl groups is 1. The Morgan fingerprint density at radius 2 is 1.97 bits per heavy atom. The lowest BCUT2D eigenvalue weighted by Crippen LogP contribution is -2.32. The summed E-state index contributed by atoms with van der Waals surface area (Å²) in [5.74, 6) is 0.474. The second-order valence-corrected chi connectivity index (χ2v) is 9.71. The first kappa shape index (κ1) is 22.4. The zero-order valence-electron chi connectivity index (χ0n) is 18.3. The number of piperidine rings is 1. The predicted molar refractivity (Wildman–Crippen MR) is 124 cm³/mol. The Bertz CT molecular complexity index is 1130. The lowest BCUT2D eigenvalue weighted by atomic mass is 9.88. The van der Waals surface area contributed by atoms with Crippen molar-refractivity contribution in [2.24, 2.45) is 0 Å². The molecule has 3 aromatic rings. The molecule has 0 radical (unpaired) electrons. The van der Waals surface area contributed by atoms with E-state index in [2.05, 4.69) is 38.1 Å². The summed E-state index contributed by atoms with van der Waals surface area (Å²) in [6, 6.07) is 16.1. The number of aromatic nitrogens is 3. The molecule has 9 heteroatoms. The van der Waals surface area contributed by atoms with Crippen LogP contribution in [0.25, 0.3) is 0 Å². The highest BCUT2D eigenvalue weighted by atomic mass is 32.2. The normalized spacial score (nSPS) is 22.4. The molecule has 174 valence electrons. The summed E-state index contributed by atoms with van der Waals surface area (Å²) < 4.78 is 25.8. The molecule has 0 spiro atoms. The molecule has 0 amide bonds. The van der Waals surface area contributed by atoms with Gasteiger partial charge in [0.1, 0.15) is 6.10 Å². The summed E-state index contributed by atoms with van der Waals surface area (Å²) in [6.45, 7) is 3.02. The number of fused-ring (bicyclic) bond motifs is 1. The summed E-state index contributed by atoms with van der Waals surface area (Å²) in [4.78, 5) is 2.40. The number of aliphatic hydroxyl groups excluding tert-OH is 1. The van der Waals surface area contributed by atoms with Gasteiger partial charge in [0, 0.05) is 24.4 Å². The standard InChI is InChI=1S/C24H29N5O3S/c30-24-22-7-2-1-5-20(22)13-23(24)29-16-21(26-27-29)15-28-10-8-18(9-11-28)19-6-3-4-17(12-19)14-25-33(31)32/h1-7,12,16,18,23-25,30H,8-11,13-15H2,(H,31,32)/p-1/t23-,24+/m1/s1. The smallest absolute Gasteiger partial charge is 0.102 e. The molecule has 2 aromatic carbocycles. The molecule has 1 fully saturated rings. The van der Waals surface area contributed by atoms with Crippen molar-refractivity contribution in [2.45, 2.75) is 50.4 Å². The molecule has 1 saturated heterocycles. The van der Waals surface area contributed by atoms with E-state index in [0.717, 1.165) is 55.7 Å². The first-order valence-corrected chi connectivity index (χ1v) is 12.4. The Hall–Kier alpha value is -2.43. The van der Waals surface area contributed by atoms with Crippen molar-refractivity contribution in [1.82, 2.24) is 24.6 Å². The Morgan fingerprint density at radius 1 is 1.15 bits per heavy atom. The van der Waals surface area contributed by atoms with E-state index >= 15 is 0 Å². The minimum absolute atomic E-state index is 0.102. The minimum atomic E-state index is -2.25. The van der Waals surface area contributed by atoms with Crippen LogP contribution in [0.2, 0.25) is 0 Å². The van der Waals surface area contributed by atoms with Crippen molar-refractivity contribution in [3.8, 4) is 0 Å². The van der Waals surface area contributed by atoms with Gasteiger partial charge in [-0.05, 0) is 60.5 Å². The second-order valence-electron chi connectivity index (χ2n) is 8.96. The van der Waals surface area contributed by atoms with Crippen LogP contribution in [0, 0.1) is 0 Å². The maximum Gasteiger partial charge on any atom is 0.102 e. The number of hydrogen-bond donors (Lipinski definition) is 2. The van der Waals surface area contributed by atoms with Crippen molar-refractivity contribution >= 4 is 11.3 Å². The van der Waals surface area contributed by atoms with E-state index in [0.29, 0.717) is 12.5 Å². The van der Waals surface area contributed by atoms with Crippen molar-refractivity contribution in [3.63, 3.8) is 0 Å². The highest BCUT2D eigenvalue weighted by Gasteiger charge is 2.33. The fourth-order valence-corrected chi connectivity index (χ4v) is 5.38. The molecule has 1 unspecified atom stereocenters. The maximum atomic E-state index is 10.7. The van der Waals surface area contributed by atoms with E-state index < -0.39 is 17.4 Å². The number of rotatable bonds is 7. The van der Waals surface area contributed by atoms with Gasteiger partial charge in [-0.2, -0.15) is 0 Å². The molecule has 2 heterocycles. The average Bonchev–Trinajstić information content (AvgIpc) is 3.43. The molecule has 0 bridgehead atoms. The lowest BCUT2D eigenvalue weighted by molar-refractivity contribution is 0.120. The maximum absolute atomic E-state index is 10.7. The summed E-state index contributed by atoms with van der Waals surface area (Å²) in [5.41, 5.74) is 5.34.